The summed E-state index contributed by atoms with van der Waals surface area (Å²) in [6, 6.07) is 6.43. The Morgan fingerprint density at radius 3 is 2.90 bits per heavy atom. The van der Waals surface area contributed by atoms with E-state index in [9.17, 15) is 0 Å². The molecule has 0 saturated carbocycles. The molecule has 0 spiro atoms. The summed E-state index contributed by atoms with van der Waals surface area (Å²) < 4.78 is 24.6. The van der Waals surface area contributed by atoms with Crippen molar-refractivity contribution < 1.29 is 18.9 Å². The zero-order valence-electron chi connectivity index (χ0n) is 18.6. The summed E-state index contributed by atoms with van der Waals surface area (Å²) >= 11 is 0. The Kier molecular flexibility index (Phi) is 4.99. The van der Waals surface area contributed by atoms with E-state index < -0.39 is 11.3 Å². The third kappa shape index (κ3) is 2.60. The van der Waals surface area contributed by atoms with Gasteiger partial charge in [0.05, 0.1) is 45.3 Å². The lowest BCUT2D eigenvalue weighted by Crippen LogP contribution is -2.75. The lowest BCUT2D eigenvalue weighted by molar-refractivity contribution is -0.297. The van der Waals surface area contributed by atoms with Crippen molar-refractivity contribution in [3.63, 3.8) is 0 Å². The summed E-state index contributed by atoms with van der Waals surface area (Å²) in [5, 5.41) is 3.82. The minimum absolute atomic E-state index is 0.219. The van der Waals surface area contributed by atoms with Crippen LogP contribution >= 0.6 is 0 Å². The highest BCUT2D eigenvalue weighted by atomic mass is 16.6. The van der Waals surface area contributed by atoms with Crippen molar-refractivity contribution in [2.24, 2.45) is 11.8 Å². The van der Waals surface area contributed by atoms with Crippen LogP contribution in [-0.2, 0) is 19.8 Å². The van der Waals surface area contributed by atoms with Crippen molar-refractivity contribution in [3.05, 3.63) is 35.6 Å². The second-order valence-corrected chi connectivity index (χ2v) is 9.14. The monoisotopic (exact) mass is 414 g/mol. The average molecular weight is 415 g/mol. The molecule has 5 atom stereocenters. The molecule has 0 unspecified atom stereocenters. The fourth-order valence-corrected chi connectivity index (χ4v) is 6.64. The molecule has 0 aromatic heterocycles. The van der Waals surface area contributed by atoms with E-state index in [0.717, 1.165) is 42.9 Å². The van der Waals surface area contributed by atoms with Crippen molar-refractivity contribution in [2.75, 3.05) is 45.8 Å². The standard InChI is InChI=1S/C24H34N2O4/c1-5-17-14-26-10-9-23-22-19(7-6-8-20(22)28-4)25-24(23,30-12-11-29-23)21(26)13-18(17)16(2)15-27-3/h6-8,15,17-18,21,25H,5,9-14H2,1-4H3/b16-15-/t17-,18-,21+,23+,24+/m1/s1. The molecule has 0 radical (unpaired) electrons. The molecule has 0 aliphatic carbocycles. The van der Waals surface area contributed by atoms with Gasteiger partial charge in [-0.3, -0.25) is 4.90 Å². The fourth-order valence-electron chi connectivity index (χ4n) is 6.64. The number of hydrogen-bond acceptors (Lipinski definition) is 6. The van der Waals surface area contributed by atoms with Crippen LogP contribution in [0.3, 0.4) is 0 Å². The Hall–Kier alpha value is -1.76. The predicted molar refractivity (Wildman–Crippen MR) is 116 cm³/mol. The topological polar surface area (TPSA) is 52.2 Å². The van der Waals surface area contributed by atoms with Crippen LogP contribution in [0.4, 0.5) is 5.69 Å². The summed E-state index contributed by atoms with van der Waals surface area (Å²) in [4.78, 5) is 2.64. The molecule has 1 N–H and O–H groups in total. The number of nitrogens with zero attached hydrogens (tertiary/aromatic N) is 1. The van der Waals surface area contributed by atoms with E-state index in [-0.39, 0.29) is 6.04 Å². The summed E-state index contributed by atoms with van der Waals surface area (Å²) in [5.74, 6) is 1.98. The number of hydrogen-bond donors (Lipinski definition) is 1. The van der Waals surface area contributed by atoms with Crippen molar-refractivity contribution in [1.82, 2.24) is 4.90 Å². The van der Waals surface area contributed by atoms with Crippen molar-refractivity contribution >= 4 is 5.69 Å². The highest BCUT2D eigenvalue weighted by Gasteiger charge is 2.70. The Morgan fingerprint density at radius 1 is 1.30 bits per heavy atom. The number of anilines is 1. The van der Waals surface area contributed by atoms with Gasteiger partial charge in [-0.25, -0.2) is 0 Å². The van der Waals surface area contributed by atoms with E-state index >= 15 is 0 Å². The molecule has 1 aromatic rings. The van der Waals surface area contributed by atoms with Gasteiger partial charge in [-0.05, 0) is 49.3 Å². The number of methoxy groups -OCH3 is 2. The Bertz CT molecular complexity index is 842. The fraction of sp³-hybridized carbons (Fsp3) is 0.667. The minimum atomic E-state index is -0.592. The predicted octanol–water partition coefficient (Wildman–Crippen LogP) is 3.73. The Labute approximate surface area is 179 Å². The SMILES string of the molecule is CC[C@@H]1CN2CC[C@@]34OCCO[C@@]3(Nc3cccc(OC)c34)[C@@H]2C[C@@H]1/C(C)=C\OC. The maximum Gasteiger partial charge on any atom is 0.188 e. The zero-order chi connectivity index (χ0) is 20.9. The highest BCUT2D eigenvalue weighted by molar-refractivity contribution is 5.69. The maximum absolute atomic E-state index is 6.71. The van der Waals surface area contributed by atoms with Crippen LogP contribution < -0.4 is 10.1 Å². The third-order valence-corrected chi connectivity index (χ3v) is 7.92. The molecule has 0 bridgehead atoms. The molecule has 4 heterocycles. The first kappa shape index (κ1) is 20.2. The van der Waals surface area contributed by atoms with Gasteiger partial charge in [0.1, 0.15) is 11.4 Å². The van der Waals surface area contributed by atoms with Crippen LogP contribution in [-0.4, -0.2) is 57.2 Å². The van der Waals surface area contributed by atoms with Crippen LogP contribution in [0.1, 0.15) is 38.7 Å². The van der Waals surface area contributed by atoms with Gasteiger partial charge in [-0.15, -0.1) is 0 Å². The highest BCUT2D eigenvalue weighted by Crippen LogP contribution is 2.61. The number of allylic oxidation sites excluding steroid dienone is 1. The third-order valence-electron chi connectivity index (χ3n) is 7.92. The summed E-state index contributed by atoms with van der Waals surface area (Å²) in [5.41, 5.74) is 2.42. The van der Waals surface area contributed by atoms with Crippen molar-refractivity contribution in [1.29, 1.82) is 0 Å². The minimum Gasteiger partial charge on any atom is -0.504 e. The van der Waals surface area contributed by atoms with Gasteiger partial charge in [0, 0.05) is 18.8 Å². The van der Waals surface area contributed by atoms with Gasteiger partial charge in [-0.1, -0.05) is 19.4 Å². The molecule has 0 amide bonds. The summed E-state index contributed by atoms with van der Waals surface area (Å²) in [7, 11) is 3.48. The van der Waals surface area contributed by atoms with Crippen LogP contribution in [0, 0.1) is 11.8 Å². The van der Waals surface area contributed by atoms with Crippen LogP contribution in [0.5, 0.6) is 5.75 Å². The first-order chi connectivity index (χ1) is 14.6. The molecule has 4 aliphatic rings. The average Bonchev–Trinajstić information content (AvgIpc) is 3.10. The Morgan fingerprint density at radius 2 is 2.13 bits per heavy atom. The van der Waals surface area contributed by atoms with E-state index in [4.69, 9.17) is 18.9 Å². The molecule has 4 aliphatic heterocycles. The molecule has 5 rings (SSSR count). The molecular weight excluding hydrogens is 380 g/mol. The lowest BCUT2D eigenvalue weighted by Gasteiger charge is -2.61. The number of piperidine rings is 2. The van der Waals surface area contributed by atoms with E-state index in [0.29, 0.717) is 25.0 Å². The van der Waals surface area contributed by atoms with E-state index in [1.54, 1.807) is 14.2 Å². The Balaban J connectivity index is 1.60. The summed E-state index contributed by atoms with van der Waals surface area (Å²) in [6.07, 6.45) is 5.02. The molecular formula is C24H34N2O4. The van der Waals surface area contributed by atoms with Crippen LogP contribution in [0.25, 0.3) is 0 Å². The molecule has 164 valence electrons. The van der Waals surface area contributed by atoms with Crippen LogP contribution in [0.2, 0.25) is 0 Å². The largest absolute Gasteiger partial charge is 0.504 e. The second-order valence-electron chi connectivity index (χ2n) is 9.14. The number of rotatable bonds is 4. The lowest BCUT2D eigenvalue weighted by atomic mass is 9.67. The molecule has 6 nitrogen and oxygen atoms in total. The quantitative estimate of drug-likeness (QED) is 0.758. The van der Waals surface area contributed by atoms with Gasteiger partial charge >= 0.3 is 0 Å². The number of ether oxygens (including phenoxy) is 4. The van der Waals surface area contributed by atoms with Gasteiger partial charge in [-0.2, -0.15) is 0 Å². The van der Waals surface area contributed by atoms with Gasteiger partial charge in [0.2, 0.25) is 0 Å². The number of benzene rings is 1. The van der Waals surface area contributed by atoms with Crippen molar-refractivity contribution in [2.45, 2.75) is 50.5 Å². The smallest absolute Gasteiger partial charge is 0.188 e. The molecule has 1 aromatic carbocycles. The first-order valence-electron chi connectivity index (χ1n) is 11.3. The van der Waals surface area contributed by atoms with E-state index in [1.807, 2.05) is 18.4 Å². The number of fused-ring (bicyclic) bond motifs is 2. The molecule has 3 saturated heterocycles. The number of nitrogens with one attached hydrogen (secondary N) is 1. The van der Waals surface area contributed by atoms with Crippen LogP contribution in [0.15, 0.2) is 30.0 Å². The summed E-state index contributed by atoms with van der Waals surface area (Å²) in [6.45, 7) is 7.81. The van der Waals surface area contributed by atoms with E-state index in [1.165, 1.54) is 12.0 Å². The van der Waals surface area contributed by atoms with Gasteiger partial charge < -0.3 is 24.3 Å². The van der Waals surface area contributed by atoms with E-state index in [2.05, 4.69) is 30.1 Å². The van der Waals surface area contributed by atoms with Crippen molar-refractivity contribution in [3.8, 4) is 5.75 Å². The molecule has 30 heavy (non-hydrogen) atoms. The second kappa shape index (κ2) is 7.43. The molecule has 3 fully saturated rings. The zero-order valence-corrected chi connectivity index (χ0v) is 18.6. The van der Waals surface area contributed by atoms with Gasteiger partial charge in [0.25, 0.3) is 0 Å². The first-order valence-corrected chi connectivity index (χ1v) is 11.3. The molecule has 6 heteroatoms. The normalized spacial score (nSPS) is 38.0. The van der Waals surface area contributed by atoms with Gasteiger partial charge in [0.15, 0.2) is 5.72 Å². The maximum atomic E-state index is 6.71.